The van der Waals surface area contributed by atoms with Crippen LogP contribution in [0.1, 0.15) is 31.4 Å². The summed E-state index contributed by atoms with van der Waals surface area (Å²) in [5, 5.41) is 9.73. The minimum absolute atomic E-state index is 0.0293. The van der Waals surface area contributed by atoms with E-state index >= 15 is 0 Å². The standard InChI is InChI=1S/C17H23N3O/c1-19(10-14-9-12-5-6-13(14)8-12)17-15(11-21)20-7-3-2-4-16(20)18-17/h2-4,7,12-14,21H,5-6,8-11H2,1H3. The van der Waals surface area contributed by atoms with E-state index in [1.54, 1.807) is 0 Å². The molecule has 2 saturated carbocycles. The molecule has 2 aliphatic carbocycles. The summed E-state index contributed by atoms with van der Waals surface area (Å²) in [4.78, 5) is 6.97. The Hall–Kier alpha value is -1.55. The fourth-order valence-corrected chi connectivity index (χ4v) is 4.53. The molecule has 2 bridgehead atoms. The van der Waals surface area contributed by atoms with Crippen LogP contribution in [0.2, 0.25) is 0 Å². The summed E-state index contributed by atoms with van der Waals surface area (Å²) < 4.78 is 1.99. The van der Waals surface area contributed by atoms with Gasteiger partial charge in [0.15, 0.2) is 5.82 Å². The van der Waals surface area contributed by atoms with Crippen molar-refractivity contribution in [1.82, 2.24) is 9.38 Å². The van der Waals surface area contributed by atoms with Crippen molar-refractivity contribution in [3.8, 4) is 0 Å². The third kappa shape index (κ3) is 2.13. The Morgan fingerprint density at radius 3 is 2.95 bits per heavy atom. The minimum atomic E-state index is 0.0293. The molecule has 2 aromatic heterocycles. The van der Waals surface area contributed by atoms with Crippen molar-refractivity contribution in [3.63, 3.8) is 0 Å². The van der Waals surface area contributed by atoms with E-state index in [1.165, 1.54) is 25.7 Å². The summed E-state index contributed by atoms with van der Waals surface area (Å²) in [6, 6.07) is 5.96. The van der Waals surface area contributed by atoms with Gasteiger partial charge in [-0.2, -0.15) is 0 Å². The van der Waals surface area contributed by atoms with Crippen molar-refractivity contribution in [1.29, 1.82) is 0 Å². The van der Waals surface area contributed by atoms with Crippen LogP contribution in [0.3, 0.4) is 0 Å². The molecule has 2 fully saturated rings. The van der Waals surface area contributed by atoms with Crippen molar-refractivity contribution in [2.45, 2.75) is 32.3 Å². The van der Waals surface area contributed by atoms with Crippen LogP contribution in [0.15, 0.2) is 24.4 Å². The predicted octanol–water partition coefficient (Wildman–Crippen LogP) is 2.70. The first-order valence-corrected chi connectivity index (χ1v) is 8.04. The quantitative estimate of drug-likeness (QED) is 0.939. The lowest BCUT2D eigenvalue weighted by Gasteiger charge is -2.27. The molecule has 2 aliphatic rings. The van der Waals surface area contributed by atoms with Gasteiger partial charge in [0.05, 0.1) is 12.3 Å². The van der Waals surface area contributed by atoms with Gasteiger partial charge in [-0.25, -0.2) is 4.98 Å². The maximum atomic E-state index is 9.73. The van der Waals surface area contributed by atoms with Crippen molar-refractivity contribution < 1.29 is 5.11 Å². The molecule has 0 saturated heterocycles. The fourth-order valence-electron chi connectivity index (χ4n) is 4.53. The van der Waals surface area contributed by atoms with Gasteiger partial charge < -0.3 is 10.0 Å². The number of aliphatic hydroxyl groups is 1. The number of fused-ring (bicyclic) bond motifs is 3. The first kappa shape index (κ1) is 13.1. The van der Waals surface area contributed by atoms with Crippen molar-refractivity contribution in [3.05, 3.63) is 30.1 Å². The minimum Gasteiger partial charge on any atom is -0.390 e. The third-order valence-corrected chi connectivity index (χ3v) is 5.51. The number of aliphatic hydroxyl groups excluding tert-OH is 1. The van der Waals surface area contributed by atoms with Gasteiger partial charge in [0.2, 0.25) is 0 Å². The summed E-state index contributed by atoms with van der Waals surface area (Å²) >= 11 is 0. The Morgan fingerprint density at radius 2 is 2.24 bits per heavy atom. The van der Waals surface area contributed by atoms with E-state index in [4.69, 9.17) is 4.98 Å². The highest BCUT2D eigenvalue weighted by molar-refractivity contribution is 5.55. The molecule has 2 aromatic rings. The first-order chi connectivity index (χ1) is 10.3. The number of pyridine rings is 1. The molecule has 2 heterocycles. The molecule has 21 heavy (non-hydrogen) atoms. The molecule has 0 aromatic carbocycles. The molecule has 0 aliphatic heterocycles. The SMILES string of the molecule is CN(CC1CC2CCC1C2)c1nc2ccccn2c1CO. The lowest BCUT2D eigenvalue weighted by Crippen LogP contribution is -2.29. The summed E-state index contributed by atoms with van der Waals surface area (Å²) in [5.74, 6) is 3.65. The zero-order chi connectivity index (χ0) is 14.4. The third-order valence-electron chi connectivity index (χ3n) is 5.51. The molecular weight excluding hydrogens is 262 g/mol. The van der Waals surface area contributed by atoms with Crippen molar-refractivity contribution in [2.24, 2.45) is 17.8 Å². The van der Waals surface area contributed by atoms with Crippen LogP contribution in [0.5, 0.6) is 0 Å². The number of imidazole rings is 1. The van der Waals surface area contributed by atoms with Crippen LogP contribution >= 0.6 is 0 Å². The van der Waals surface area contributed by atoms with Gasteiger partial charge >= 0.3 is 0 Å². The van der Waals surface area contributed by atoms with Crippen molar-refractivity contribution >= 4 is 11.5 Å². The lowest BCUT2D eigenvalue weighted by molar-refractivity contribution is 0.275. The van der Waals surface area contributed by atoms with Crippen LogP contribution < -0.4 is 4.90 Å². The highest BCUT2D eigenvalue weighted by Gasteiger charge is 2.40. The zero-order valence-electron chi connectivity index (χ0n) is 12.6. The Balaban J connectivity index is 1.60. The maximum Gasteiger partial charge on any atom is 0.153 e. The molecular formula is C17H23N3O. The molecule has 4 rings (SSSR count). The fraction of sp³-hybridized carbons (Fsp3) is 0.588. The highest BCUT2D eigenvalue weighted by atomic mass is 16.3. The molecule has 1 N–H and O–H groups in total. The predicted molar refractivity (Wildman–Crippen MR) is 83.3 cm³/mol. The zero-order valence-corrected chi connectivity index (χ0v) is 12.6. The largest absolute Gasteiger partial charge is 0.390 e. The second-order valence-electron chi connectivity index (χ2n) is 6.78. The summed E-state index contributed by atoms with van der Waals surface area (Å²) in [5.41, 5.74) is 1.81. The normalized spacial score (nSPS) is 27.6. The van der Waals surface area contributed by atoms with E-state index < -0.39 is 0 Å². The number of aromatic nitrogens is 2. The molecule has 3 unspecified atom stereocenters. The van der Waals surface area contributed by atoms with E-state index in [9.17, 15) is 5.11 Å². The summed E-state index contributed by atoms with van der Waals surface area (Å²) in [7, 11) is 2.12. The highest BCUT2D eigenvalue weighted by Crippen LogP contribution is 2.48. The number of anilines is 1. The van der Waals surface area contributed by atoms with Gasteiger partial charge in [0, 0.05) is 19.8 Å². The Bertz CT molecular complexity index is 651. The summed E-state index contributed by atoms with van der Waals surface area (Å²) in [6.45, 7) is 1.10. The van der Waals surface area contributed by atoms with Crippen LogP contribution in [-0.2, 0) is 6.61 Å². The first-order valence-electron chi connectivity index (χ1n) is 8.04. The molecule has 3 atom stereocenters. The second-order valence-corrected chi connectivity index (χ2v) is 6.78. The topological polar surface area (TPSA) is 40.8 Å². The molecule has 0 amide bonds. The van der Waals surface area contributed by atoms with E-state index in [0.717, 1.165) is 41.5 Å². The Morgan fingerprint density at radius 1 is 1.33 bits per heavy atom. The van der Waals surface area contributed by atoms with E-state index in [0.29, 0.717) is 0 Å². The van der Waals surface area contributed by atoms with E-state index in [1.807, 2.05) is 28.8 Å². The maximum absolute atomic E-state index is 9.73. The number of nitrogens with zero attached hydrogens (tertiary/aromatic N) is 3. The van der Waals surface area contributed by atoms with Crippen LogP contribution in [0.4, 0.5) is 5.82 Å². The monoisotopic (exact) mass is 285 g/mol. The number of hydrogen-bond donors (Lipinski definition) is 1. The van der Waals surface area contributed by atoms with Gasteiger partial charge in [0.25, 0.3) is 0 Å². The molecule has 4 nitrogen and oxygen atoms in total. The summed E-state index contributed by atoms with van der Waals surface area (Å²) in [6.07, 6.45) is 7.67. The van der Waals surface area contributed by atoms with E-state index in [-0.39, 0.29) is 6.61 Å². The molecule has 4 heteroatoms. The second kappa shape index (κ2) is 5.02. The average Bonchev–Trinajstić information content (AvgIpc) is 3.19. The van der Waals surface area contributed by atoms with Gasteiger partial charge in [-0.05, 0) is 49.1 Å². The Kier molecular flexibility index (Phi) is 3.14. The van der Waals surface area contributed by atoms with Gasteiger partial charge in [-0.15, -0.1) is 0 Å². The van der Waals surface area contributed by atoms with Crippen LogP contribution in [0, 0.1) is 17.8 Å². The number of hydrogen-bond acceptors (Lipinski definition) is 3. The Labute approximate surface area is 125 Å². The molecule has 112 valence electrons. The van der Waals surface area contributed by atoms with Gasteiger partial charge in [0.1, 0.15) is 5.65 Å². The van der Waals surface area contributed by atoms with Gasteiger partial charge in [-0.3, -0.25) is 4.40 Å². The van der Waals surface area contributed by atoms with Crippen LogP contribution in [0.25, 0.3) is 5.65 Å². The smallest absolute Gasteiger partial charge is 0.153 e. The number of rotatable bonds is 4. The van der Waals surface area contributed by atoms with Crippen LogP contribution in [-0.4, -0.2) is 28.1 Å². The van der Waals surface area contributed by atoms with Crippen molar-refractivity contribution in [2.75, 3.05) is 18.5 Å². The lowest BCUT2D eigenvalue weighted by atomic mass is 9.88. The van der Waals surface area contributed by atoms with E-state index in [2.05, 4.69) is 11.9 Å². The molecule has 0 spiro atoms. The average molecular weight is 285 g/mol. The van der Waals surface area contributed by atoms with Gasteiger partial charge in [-0.1, -0.05) is 12.5 Å². The molecule has 0 radical (unpaired) electrons.